The molecule has 10 heteroatoms. The van der Waals surface area contributed by atoms with Gasteiger partial charge < -0.3 is 20.1 Å². The predicted molar refractivity (Wildman–Crippen MR) is 385 cm³/mol. The number of unbranched alkanes of at least 4 members (excludes halogenated alkanes) is 27. The molecule has 0 heterocycles. The molecule has 0 aromatic rings. The van der Waals surface area contributed by atoms with Gasteiger partial charge in [0.25, 0.3) is 0 Å². The third-order valence-corrected chi connectivity index (χ3v) is 15.9. The fourth-order valence-electron chi connectivity index (χ4n) is 9.68. The average Bonchev–Trinajstić information content (AvgIpc) is 3.58. The highest BCUT2D eigenvalue weighted by atomic mass is 31.2. The first-order chi connectivity index (χ1) is 43.8. The molecular formula is C79H132NO8P. The van der Waals surface area contributed by atoms with Crippen molar-refractivity contribution in [2.45, 2.75) is 302 Å². The number of hydrogen-bond donors (Lipinski definition) is 2. The molecule has 0 fully saturated rings. The van der Waals surface area contributed by atoms with Crippen molar-refractivity contribution in [3.05, 3.63) is 158 Å². The van der Waals surface area contributed by atoms with Crippen molar-refractivity contribution < 1.29 is 37.6 Å². The number of phosphoric acid groups is 1. The molecule has 0 aliphatic heterocycles. The minimum absolute atomic E-state index is 0.0434. The van der Waals surface area contributed by atoms with Gasteiger partial charge >= 0.3 is 19.8 Å². The molecule has 0 aliphatic carbocycles. The van der Waals surface area contributed by atoms with E-state index in [0.29, 0.717) is 6.42 Å². The van der Waals surface area contributed by atoms with Crippen LogP contribution in [-0.4, -0.2) is 49.3 Å². The maximum atomic E-state index is 12.8. The predicted octanol–water partition coefficient (Wildman–Crippen LogP) is 24.0. The summed E-state index contributed by atoms with van der Waals surface area (Å²) in [7, 11) is -4.41. The molecule has 0 aromatic carbocycles. The van der Waals surface area contributed by atoms with Gasteiger partial charge in [0.05, 0.1) is 13.2 Å². The Bertz CT molecular complexity index is 2020. The Hall–Kier alpha value is -4.37. The Morgan fingerprint density at radius 2 is 0.584 bits per heavy atom. The molecule has 0 aliphatic rings. The number of hydrogen-bond acceptors (Lipinski definition) is 8. The number of phosphoric ester groups is 1. The SMILES string of the molecule is CC/C=C\C/C=C\C/C=C\C/C=C\C/C=C\C/C=C\C/C=C\C/C=C\C/C=C\CCCCCCCC(=O)OC(COC(=O)CCCCCCCCCCCCCCCCCCCCCCCC/C=C\C/C=C\C/C=C\C/C=C\CC)COP(=O)(O)OCCN. The number of allylic oxidation sites excluding steroid dienone is 26. The van der Waals surface area contributed by atoms with Crippen LogP contribution >= 0.6 is 7.82 Å². The third kappa shape index (κ3) is 72.6. The summed E-state index contributed by atoms with van der Waals surface area (Å²) in [6, 6.07) is 0. The Morgan fingerprint density at radius 1 is 0.337 bits per heavy atom. The molecule has 9 nitrogen and oxygen atoms in total. The first-order valence-corrected chi connectivity index (χ1v) is 37.5. The van der Waals surface area contributed by atoms with Gasteiger partial charge in [-0.15, -0.1) is 0 Å². The molecule has 0 spiro atoms. The first-order valence-electron chi connectivity index (χ1n) is 36.0. The number of esters is 2. The van der Waals surface area contributed by atoms with Gasteiger partial charge in [-0.05, 0) is 122 Å². The zero-order valence-electron chi connectivity index (χ0n) is 56.9. The molecule has 0 saturated heterocycles. The number of carbonyl (C=O) groups is 2. The summed E-state index contributed by atoms with van der Waals surface area (Å²) in [6.45, 7) is 3.51. The van der Waals surface area contributed by atoms with E-state index in [2.05, 4.69) is 172 Å². The van der Waals surface area contributed by atoms with E-state index in [-0.39, 0.29) is 38.6 Å². The van der Waals surface area contributed by atoms with Crippen molar-refractivity contribution in [1.29, 1.82) is 0 Å². The Kier molecular flexibility index (Phi) is 69.1. The lowest BCUT2D eigenvalue weighted by atomic mass is 10.0. The standard InChI is InChI=1S/C79H132NO8P/c1-3-5-7-9-11-13-15-17-19-21-23-25-27-29-31-33-35-37-38-40-41-43-45-47-49-51-53-55-57-59-61-63-65-67-69-71-78(81)85-75-77(76-87-89(83,84)86-74-73-80)88-79(82)72-70-68-66-64-62-60-58-56-54-52-50-48-46-44-42-39-36-34-32-30-28-26-24-22-20-18-16-14-12-10-8-6-4-2/h5-8,11-14,17-20,23-26,30,32,36,39,44,46,50,52,56,58,77H,3-4,9-10,15-16,21-22,27-29,31,33-35,37-38,40-43,45,47-49,51,53-55,57,59-76,80H2,1-2H3,(H,83,84)/b7-5-,8-6-,13-11-,14-12-,19-17-,20-18-,25-23-,26-24-,32-30-,39-36-,46-44-,52-50-,58-56-. The molecule has 0 bridgehead atoms. The number of nitrogens with two attached hydrogens (primary N) is 1. The van der Waals surface area contributed by atoms with Crippen molar-refractivity contribution in [3.63, 3.8) is 0 Å². The maximum absolute atomic E-state index is 12.8. The van der Waals surface area contributed by atoms with Crippen LogP contribution in [-0.2, 0) is 32.7 Å². The minimum atomic E-state index is -4.41. The van der Waals surface area contributed by atoms with E-state index in [1.54, 1.807) is 0 Å². The van der Waals surface area contributed by atoms with E-state index in [1.165, 1.54) is 128 Å². The molecule has 506 valence electrons. The van der Waals surface area contributed by atoms with Gasteiger partial charge in [-0.1, -0.05) is 320 Å². The van der Waals surface area contributed by atoms with E-state index in [9.17, 15) is 19.0 Å². The maximum Gasteiger partial charge on any atom is 0.472 e. The van der Waals surface area contributed by atoms with Crippen molar-refractivity contribution >= 4 is 19.8 Å². The number of carbonyl (C=O) groups excluding carboxylic acids is 2. The Morgan fingerprint density at radius 3 is 0.865 bits per heavy atom. The summed E-state index contributed by atoms with van der Waals surface area (Å²) in [5.41, 5.74) is 5.40. The number of rotatable bonds is 66. The van der Waals surface area contributed by atoms with Gasteiger partial charge in [-0.2, -0.15) is 0 Å². The molecule has 0 amide bonds. The van der Waals surface area contributed by atoms with Gasteiger partial charge in [-0.3, -0.25) is 18.6 Å². The van der Waals surface area contributed by atoms with Crippen molar-refractivity contribution in [2.24, 2.45) is 5.73 Å². The topological polar surface area (TPSA) is 134 Å². The molecule has 2 atom stereocenters. The summed E-state index contributed by atoms with van der Waals surface area (Å²) in [4.78, 5) is 35.4. The van der Waals surface area contributed by atoms with Crippen LogP contribution in [0.1, 0.15) is 296 Å². The molecule has 0 saturated carbocycles. The lowest BCUT2D eigenvalue weighted by molar-refractivity contribution is -0.161. The average molecular weight is 1250 g/mol. The van der Waals surface area contributed by atoms with Crippen LogP contribution in [0.25, 0.3) is 0 Å². The van der Waals surface area contributed by atoms with Crippen LogP contribution in [0.2, 0.25) is 0 Å². The first kappa shape index (κ1) is 84.6. The molecule has 89 heavy (non-hydrogen) atoms. The highest BCUT2D eigenvalue weighted by Gasteiger charge is 2.26. The van der Waals surface area contributed by atoms with Crippen molar-refractivity contribution in [3.8, 4) is 0 Å². The van der Waals surface area contributed by atoms with E-state index in [0.717, 1.165) is 135 Å². The second-order valence-electron chi connectivity index (χ2n) is 23.3. The highest BCUT2D eigenvalue weighted by molar-refractivity contribution is 7.47. The summed E-state index contributed by atoms with van der Waals surface area (Å²) in [5.74, 6) is -0.850. The Labute approximate surface area is 547 Å². The fraction of sp³-hybridized carbons (Fsp3) is 0.646. The zero-order valence-corrected chi connectivity index (χ0v) is 57.8. The van der Waals surface area contributed by atoms with Crippen molar-refractivity contribution in [2.75, 3.05) is 26.4 Å². The van der Waals surface area contributed by atoms with E-state index in [1.807, 2.05) is 0 Å². The lowest BCUT2D eigenvalue weighted by Gasteiger charge is -2.19. The van der Waals surface area contributed by atoms with Gasteiger partial charge in [0.15, 0.2) is 6.10 Å². The van der Waals surface area contributed by atoms with Crippen LogP contribution in [0.15, 0.2) is 158 Å². The quantitative estimate of drug-likeness (QED) is 0.0264. The summed E-state index contributed by atoms with van der Waals surface area (Å²) >= 11 is 0. The van der Waals surface area contributed by atoms with E-state index in [4.69, 9.17) is 24.3 Å². The summed E-state index contributed by atoms with van der Waals surface area (Å²) in [6.07, 6.45) is 106. The minimum Gasteiger partial charge on any atom is -0.462 e. The third-order valence-electron chi connectivity index (χ3n) is 14.9. The Balaban J connectivity index is 3.93. The van der Waals surface area contributed by atoms with Crippen LogP contribution in [0, 0.1) is 0 Å². The monoisotopic (exact) mass is 1250 g/mol. The molecule has 0 aromatic heterocycles. The number of ether oxygens (including phenoxy) is 2. The fourth-order valence-corrected chi connectivity index (χ4v) is 10.4. The molecule has 0 rings (SSSR count). The van der Waals surface area contributed by atoms with Gasteiger partial charge in [0.1, 0.15) is 6.61 Å². The molecular weight excluding hydrogens is 1120 g/mol. The van der Waals surface area contributed by atoms with Crippen LogP contribution in [0.5, 0.6) is 0 Å². The smallest absolute Gasteiger partial charge is 0.462 e. The summed E-state index contributed by atoms with van der Waals surface area (Å²) < 4.78 is 33.2. The van der Waals surface area contributed by atoms with E-state index < -0.39 is 26.5 Å². The van der Waals surface area contributed by atoms with Gasteiger partial charge in [0.2, 0.25) is 0 Å². The van der Waals surface area contributed by atoms with Crippen molar-refractivity contribution in [1.82, 2.24) is 0 Å². The second kappa shape index (κ2) is 72.7. The van der Waals surface area contributed by atoms with Crippen LogP contribution < -0.4 is 5.73 Å². The second-order valence-corrected chi connectivity index (χ2v) is 24.8. The van der Waals surface area contributed by atoms with Gasteiger partial charge in [-0.25, -0.2) is 4.57 Å². The van der Waals surface area contributed by atoms with Crippen LogP contribution in [0.4, 0.5) is 0 Å². The van der Waals surface area contributed by atoms with E-state index >= 15 is 0 Å². The largest absolute Gasteiger partial charge is 0.472 e. The van der Waals surface area contributed by atoms with Gasteiger partial charge in [0, 0.05) is 19.4 Å². The normalized spacial score (nSPS) is 13.9. The molecule has 3 N–H and O–H groups in total. The van der Waals surface area contributed by atoms with Crippen LogP contribution in [0.3, 0.4) is 0 Å². The summed E-state index contributed by atoms with van der Waals surface area (Å²) in [5, 5.41) is 0. The molecule has 0 radical (unpaired) electrons. The lowest BCUT2D eigenvalue weighted by Crippen LogP contribution is -2.29. The highest BCUT2D eigenvalue weighted by Crippen LogP contribution is 2.43. The molecule has 2 unspecified atom stereocenters. The zero-order chi connectivity index (χ0) is 64.4.